The number of H-pyrrole nitrogens is 2. The lowest BCUT2D eigenvalue weighted by Gasteiger charge is -2.15. The van der Waals surface area contributed by atoms with Crippen LogP contribution in [0, 0.1) is 6.92 Å². The molecule has 0 atom stereocenters. The smallest absolute Gasteiger partial charge is 0.305 e. The molecule has 2 N–H and O–H groups in total. The zero-order chi connectivity index (χ0) is 13.3. The van der Waals surface area contributed by atoms with E-state index in [9.17, 15) is 13.2 Å². The van der Waals surface area contributed by atoms with Gasteiger partial charge in [-0.1, -0.05) is 11.3 Å². The van der Waals surface area contributed by atoms with Gasteiger partial charge >= 0.3 is 4.87 Å². The maximum absolute atomic E-state index is 12.2. The van der Waals surface area contributed by atoms with Crippen LogP contribution in [-0.4, -0.2) is 35.0 Å². The minimum Gasteiger partial charge on any atom is -0.315 e. The van der Waals surface area contributed by atoms with Gasteiger partial charge in [0.2, 0.25) is 0 Å². The van der Waals surface area contributed by atoms with Gasteiger partial charge in [-0.05, 0) is 6.92 Å². The van der Waals surface area contributed by atoms with Gasteiger partial charge in [0.1, 0.15) is 0 Å². The molecule has 0 unspecified atom stereocenters. The lowest BCUT2D eigenvalue weighted by atomic mass is 10.4. The van der Waals surface area contributed by atoms with Gasteiger partial charge in [0.15, 0.2) is 4.21 Å². The molecular weight excluding hydrogens is 276 g/mol. The molecule has 0 aliphatic rings. The summed E-state index contributed by atoms with van der Waals surface area (Å²) in [7, 11) is -2.18. The van der Waals surface area contributed by atoms with Crippen molar-refractivity contribution in [3.05, 3.63) is 33.3 Å². The normalized spacial score (nSPS) is 12.2. The van der Waals surface area contributed by atoms with E-state index < -0.39 is 10.0 Å². The lowest BCUT2D eigenvalue weighted by Crippen LogP contribution is -2.26. The molecule has 9 heteroatoms. The Morgan fingerprint density at radius 2 is 2.22 bits per heavy atom. The molecule has 0 saturated heterocycles. The van der Waals surface area contributed by atoms with Crippen molar-refractivity contribution in [2.24, 2.45) is 0 Å². The monoisotopic (exact) mass is 288 g/mol. The van der Waals surface area contributed by atoms with Gasteiger partial charge in [-0.15, -0.1) is 0 Å². The Hall–Kier alpha value is -1.45. The van der Waals surface area contributed by atoms with Crippen LogP contribution in [-0.2, 0) is 16.6 Å². The van der Waals surface area contributed by atoms with E-state index in [2.05, 4.69) is 15.2 Å². The molecular formula is C9H12N4O3S2. The zero-order valence-electron chi connectivity index (χ0n) is 9.80. The number of hydrogen-bond acceptors (Lipinski definition) is 5. The van der Waals surface area contributed by atoms with Crippen LogP contribution < -0.4 is 4.87 Å². The Morgan fingerprint density at radius 3 is 2.72 bits per heavy atom. The summed E-state index contributed by atoms with van der Waals surface area (Å²) >= 11 is 0.698. The number of rotatable bonds is 4. The van der Waals surface area contributed by atoms with Gasteiger partial charge in [-0.2, -0.15) is 9.40 Å². The molecule has 0 aliphatic carbocycles. The Morgan fingerprint density at radius 1 is 1.50 bits per heavy atom. The first-order valence-electron chi connectivity index (χ1n) is 5.05. The predicted molar refractivity (Wildman–Crippen MR) is 66.9 cm³/mol. The van der Waals surface area contributed by atoms with E-state index in [1.165, 1.54) is 11.4 Å². The maximum Gasteiger partial charge on any atom is 0.305 e. The average molecular weight is 288 g/mol. The van der Waals surface area contributed by atoms with Crippen LogP contribution in [0.4, 0.5) is 0 Å². The summed E-state index contributed by atoms with van der Waals surface area (Å²) in [5.41, 5.74) is 1.12. The molecule has 0 aromatic carbocycles. The zero-order valence-corrected chi connectivity index (χ0v) is 11.4. The fourth-order valence-electron chi connectivity index (χ4n) is 1.48. The van der Waals surface area contributed by atoms with Gasteiger partial charge in [0, 0.05) is 31.0 Å². The first kappa shape index (κ1) is 13.0. The largest absolute Gasteiger partial charge is 0.315 e. The highest BCUT2D eigenvalue weighted by Crippen LogP contribution is 2.21. The van der Waals surface area contributed by atoms with Crippen molar-refractivity contribution >= 4 is 21.4 Å². The second kappa shape index (κ2) is 4.67. The third-order valence-corrected chi connectivity index (χ3v) is 5.77. The summed E-state index contributed by atoms with van der Waals surface area (Å²) in [6, 6.07) is 0. The van der Waals surface area contributed by atoms with Crippen LogP contribution >= 0.6 is 11.3 Å². The number of nitrogens with zero attached hydrogens (tertiary/aromatic N) is 2. The van der Waals surface area contributed by atoms with Crippen LogP contribution in [0.25, 0.3) is 0 Å². The number of aryl methyl sites for hydroxylation is 1. The topological polar surface area (TPSA) is 98.9 Å². The van der Waals surface area contributed by atoms with E-state index >= 15 is 0 Å². The lowest BCUT2D eigenvalue weighted by molar-refractivity contribution is 0.468. The van der Waals surface area contributed by atoms with E-state index in [0.717, 1.165) is 5.56 Å². The van der Waals surface area contributed by atoms with Crippen LogP contribution in [0.2, 0.25) is 0 Å². The third-order valence-electron chi connectivity index (χ3n) is 2.39. The molecule has 0 spiro atoms. The predicted octanol–water partition coefficient (Wildman–Crippen LogP) is 0.289. The number of aromatic nitrogens is 3. The second-order valence-electron chi connectivity index (χ2n) is 3.79. The minimum absolute atomic E-state index is 0.0542. The third kappa shape index (κ3) is 2.37. The number of thiazole rings is 1. The molecule has 2 aromatic heterocycles. The number of hydrogen-bond donors (Lipinski definition) is 2. The minimum atomic E-state index is -3.65. The SMILES string of the molecule is Cc1[nH]c(=O)sc1S(=O)(=O)N(C)Cc1cn[nH]c1. The molecule has 7 nitrogen and oxygen atoms in total. The summed E-state index contributed by atoms with van der Waals surface area (Å²) in [4.78, 5) is 13.3. The van der Waals surface area contributed by atoms with Gasteiger partial charge in [0.25, 0.3) is 10.0 Å². The Balaban J connectivity index is 2.31. The molecule has 0 aliphatic heterocycles. The summed E-state index contributed by atoms with van der Waals surface area (Å²) < 4.78 is 25.7. The molecule has 0 fully saturated rings. The molecule has 0 bridgehead atoms. The van der Waals surface area contributed by atoms with E-state index in [1.54, 1.807) is 19.3 Å². The first-order valence-corrected chi connectivity index (χ1v) is 7.30. The van der Waals surface area contributed by atoms with E-state index in [-0.39, 0.29) is 15.6 Å². The summed E-state index contributed by atoms with van der Waals surface area (Å²) in [6.45, 7) is 1.76. The van der Waals surface area contributed by atoms with E-state index in [4.69, 9.17) is 0 Å². The van der Waals surface area contributed by atoms with Crippen molar-refractivity contribution < 1.29 is 8.42 Å². The molecule has 0 amide bonds. The van der Waals surface area contributed by atoms with Gasteiger partial charge in [-0.25, -0.2) is 8.42 Å². The molecule has 0 saturated carbocycles. The molecule has 18 heavy (non-hydrogen) atoms. The van der Waals surface area contributed by atoms with Gasteiger partial charge in [-0.3, -0.25) is 9.89 Å². The Kier molecular flexibility index (Phi) is 3.37. The van der Waals surface area contributed by atoms with E-state index in [0.29, 0.717) is 17.0 Å². The first-order chi connectivity index (χ1) is 8.41. The number of aromatic amines is 2. The van der Waals surface area contributed by atoms with Crippen LogP contribution in [0.15, 0.2) is 21.4 Å². The Labute approximate surface area is 108 Å². The molecule has 0 radical (unpaired) electrons. The number of nitrogens with one attached hydrogen (secondary N) is 2. The van der Waals surface area contributed by atoms with Crippen LogP contribution in [0.1, 0.15) is 11.3 Å². The van der Waals surface area contributed by atoms with Gasteiger partial charge < -0.3 is 4.98 Å². The van der Waals surface area contributed by atoms with Crippen molar-refractivity contribution in [3.63, 3.8) is 0 Å². The van der Waals surface area contributed by atoms with Crippen molar-refractivity contribution in [2.45, 2.75) is 17.7 Å². The standard InChI is InChI=1S/C9H12N4O3S2/c1-6-8(17-9(14)12-6)18(15,16)13(2)5-7-3-10-11-4-7/h3-4H,5H2,1-2H3,(H,10,11)(H,12,14). The van der Waals surface area contributed by atoms with Crippen molar-refractivity contribution in [1.82, 2.24) is 19.5 Å². The molecule has 2 heterocycles. The van der Waals surface area contributed by atoms with Crippen molar-refractivity contribution in [3.8, 4) is 0 Å². The molecule has 98 valence electrons. The van der Waals surface area contributed by atoms with Gasteiger partial charge in [0.05, 0.1) is 6.20 Å². The highest BCUT2D eigenvalue weighted by molar-refractivity contribution is 7.91. The quantitative estimate of drug-likeness (QED) is 0.844. The maximum atomic E-state index is 12.2. The van der Waals surface area contributed by atoms with E-state index in [1.807, 2.05) is 0 Å². The Bertz CT molecular complexity index is 684. The van der Waals surface area contributed by atoms with Crippen LogP contribution in [0.3, 0.4) is 0 Å². The highest BCUT2D eigenvalue weighted by atomic mass is 32.2. The molecule has 2 aromatic rings. The summed E-state index contributed by atoms with van der Waals surface area (Å²) in [6.07, 6.45) is 3.18. The molecule has 2 rings (SSSR count). The second-order valence-corrected chi connectivity index (χ2v) is 7.02. The average Bonchev–Trinajstić information content (AvgIpc) is 2.88. The fourth-order valence-corrected chi connectivity index (χ4v) is 4.13. The fraction of sp³-hybridized carbons (Fsp3) is 0.333. The summed E-state index contributed by atoms with van der Waals surface area (Å²) in [5.74, 6) is 0. The summed E-state index contributed by atoms with van der Waals surface area (Å²) in [5, 5.41) is 6.37. The highest BCUT2D eigenvalue weighted by Gasteiger charge is 2.25. The number of sulfonamides is 1. The van der Waals surface area contributed by atoms with Crippen LogP contribution in [0.5, 0.6) is 0 Å². The van der Waals surface area contributed by atoms with Crippen molar-refractivity contribution in [1.29, 1.82) is 0 Å². The van der Waals surface area contributed by atoms with Crippen molar-refractivity contribution in [2.75, 3.05) is 7.05 Å².